The Labute approximate surface area is 163 Å². The van der Waals surface area contributed by atoms with Crippen LogP contribution >= 0.6 is 11.3 Å². The van der Waals surface area contributed by atoms with E-state index in [0.717, 1.165) is 29.4 Å². The van der Waals surface area contributed by atoms with Crippen LogP contribution in [0, 0.1) is 0 Å². The van der Waals surface area contributed by atoms with Gasteiger partial charge in [0.25, 0.3) is 5.91 Å². The Hall–Kier alpha value is -2.00. The number of hydrogen-bond acceptors (Lipinski definition) is 7. The molecule has 0 bridgehead atoms. The number of aromatic nitrogens is 1. The van der Waals surface area contributed by atoms with Crippen LogP contribution in [0.4, 0.5) is 0 Å². The fraction of sp³-hybridized carbons (Fsp3) is 0.474. The molecule has 1 aromatic heterocycles. The van der Waals surface area contributed by atoms with E-state index in [4.69, 9.17) is 15.2 Å². The molecule has 0 radical (unpaired) electrons. The largest absolute Gasteiger partial charge is 0.497 e. The molecule has 1 aliphatic heterocycles. The van der Waals surface area contributed by atoms with Gasteiger partial charge < -0.3 is 20.5 Å². The van der Waals surface area contributed by atoms with Gasteiger partial charge in [0.1, 0.15) is 11.4 Å². The molecular formula is C19H26N4O3S. The Morgan fingerprint density at radius 3 is 2.78 bits per heavy atom. The zero-order valence-electron chi connectivity index (χ0n) is 15.5. The second-order valence-electron chi connectivity index (χ2n) is 6.31. The van der Waals surface area contributed by atoms with Crippen LogP contribution in [0.25, 0.3) is 0 Å². The molecule has 8 heteroatoms. The molecule has 1 fully saturated rings. The summed E-state index contributed by atoms with van der Waals surface area (Å²) in [6, 6.07) is 8.07. The van der Waals surface area contributed by atoms with Gasteiger partial charge in [-0.3, -0.25) is 9.69 Å². The van der Waals surface area contributed by atoms with Gasteiger partial charge in [-0.15, -0.1) is 11.3 Å². The van der Waals surface area contributed by atoms with Crippen molar-refractivity contribution in [2.24, 2.45) is 5.73 Å². The van der Waals surface area contributed by atoms with Crippen LogP contribution in [0.2, 0.25) is 0 Å². The molecule has 0 aliphatic carbocycles. The van der Waals surface area contributed by atoms with Gasteiger partial charge in [-0.05, 0) is 24.2 Å². The molecule has 3 N–H and O–H groups in total. The highest BCUT2D eigenvalue weighted by Crippen LogP contribution is 2.24. The van der Waals surface area contributed by atoms with Gasteiger partial charge in [0, 0.05) is 31.4 Å². The zero-order chi connectivity index (χ0) is 19.1. The molecule has 7 nitrogen and oxygen atoms in total. The molecule has 2 aromatic rings. The monoisotopic (exact) mass is 390 g/mol. The molecule has 1 amide bonds. The number of ether oxygens (including phenoxy) is 2. The number of amides is 1. The Morgan fingerprint density at radius 2 is 2.11 bits per heavy atom. The van der Waals surface area contributed by atoms with Gasteiger partial charge in [0.15, 0.2) is 0 Å². The fourth-order valence-corrected chi connectivity index (χ4v) is 3.90. The molecule has 0 saturated carbocycles. The molecule has 27 heavy (non-hydrogen) atoms. The number of hydrogen-bond donors (Lipinski definition) is 2. The van der Waals surface area contributed by atoms with Crippen molar-refractivity contribution in [3.63, 3.8) is 0 Å². The highest BCUT2D eigenvalue weighted by atomic mass is 32.1. The van der Waals surface area contributed by atoms with Crippen molar-refractivity contribution in [2.75, 3.05) is 46.5 Å². The predicted molar refractivity (Wildman–Crippen MR) is 105 cm³/mol. The number of nitrogens with one attached hydrogen (secondary N) is 1. The van der Waals surface area contributed by atoms with E-state index in [1.54, 1.807) is 12.5 Å². The predicted octanol–water partition coefficient (Wildman–Crippen LogP) is 1.46. The van der Waals surface area contributed by atoms with Crippen molar-refractivity contribution in [3.05, 3.63) is 45.9 Å². The smallest absolute Gasteiger partial charge is 0.270 e. The first-order valence-electron chi connectivity index (χ1n) is 9.09. The third-order valence-electron chi connectivity index (χ3n) is 4.59. The lowest BCUT2D eigenvalue weighted by atomic mass is 10.0. The van der Waals surface area contributed by atoms with Crippen molar-refractivity contribution >= 4 is 17.2 Å². The van der Waals surface area contributed by atoms with Crippen LogP contribution in [0.15, 0.2) is 29.6 Å². The molecule has 0 spiro atoms. The summed E-state index contributed by atoms with van der Waals surface area (Å²) in [6.07, 6.45) is 0.695. The quantitative estimate of drug-likeness (QED) is 0.709. The van der Waals surface area contributed by atoms with Crippen LogP contribution in [0.5, 0.6) is 5.75 Å². The van der Waals surface area contributed by atoms with Gasteiger partial charge in [0.2, 0.25) is 0 Å². The minimum Gasteiger partial charge on any atom is -0.497 e. The second-order valence-corrected chi connectivity index (χ2v) is 7.26. The molecule has 1 atom stereocenters. The third kappa shape index (κ3) is 5.26. The third-order valence-corrected chi connectivity index (χ3v) is 5.49. The van der Waals surface area contributed by atoms with Crippen molar-refractivity contribution in [2.45, 2.75) is 12.5 Å². The van der Waals surface area contributed by atoms with Crippen LogP contribution in [0.3, 0.4) is 0 Å². The SMILES string of the molecule is COc1ccc(C(CNC(=O)c2csc(CCN)n2)N2CCOCC2)cc1. The summed E-state index contributed by atoms with van der Waals surface area (Å²) < 4.78 is 10.7. The number of methoxy groups -OCH3 is 1. The van der Waals surface area contributed by atoms with Crippen LogP contribution < -0.4 is 15.8 Å². The van der Waals surface area contributed by atoms with Crippen LogP contribution in [-0.2, 0) is 11.2 Å². The maximum Gasteiger partial charge on any atom is 0.270 e. The molecule has 1 unspecified atom stereocenters. The zero-order valence-corrected chi connectivity index (χ0v) is 16.3. The van der Waals surface area contributed by atoms with Gasteiger partial charge in [-0.2, -0.15) is 0 Å². The second kappa shape index (κ2) is 9.80. The first-order valence-corrected chi connectivity index (χ1v) is 9.97. The normalized spacial score (nSPS) is 16.1. The summed E-state index contributed by atoms with van der Waals surface area (Å²) in [5.74, 6) is 0.666. The van der Waals surface area contributed by atoms with Gasteiger partial charge >= 0.3 is 0 Å². The Bertz CT molecular complexity index is 729. The van der Waals surface area contributed by atoms with Crippen molar-refractivity contribution < 1.29 is 14.3 Å². The summed E-state index contributed by atoms with van der Waals surface area (Å²) in [5, 5.41) is 5.72. The topological polar surface area (TPSA) is 89.7 Å². The lowest BCUT2D eigenvalue weighted by Crippen LogP contribution is -2.43. The van der Waals surface area contributed by atoms with Gasteiger partial charge in [-0.1, -0.05) is 12.1 Å². The molecule has 1 aromatic carbocycles. The summed E-state index contributed by atoms with van der Waals surface area (Å²) in [5.41, 5.74) is 7.15. The average Bonchev–Trinajstić information content (AvgIpc) is 3.18. The number of nitrogens with zero attached hydrogens (tertiary/aromatic N) is 2. The summed E-state index contributed by atoms with van der Waals surface area (Å²) in [7, 11) is 1.65. The number of thiazole rings is 1. The summed E-state index contributed by atoms with van der Waals surface area (Å²) >= 11 is 1.47. The molecule has 2 heterocycles. The number of nitrogens with two attached hydrogens (primary N) is 1. The van der Waals surface area contributed by atoms with E-state index < -0.39 is 0 Å². The van der Waals surface area contributed by atoms with Crippen molar-refractivity contribution in [3.8, 4) is 5.75 Å². The van der Waals surface area contributed by atoms with E-state index in [9.17, 15) is 4.79 Å². The molecule has 1 aliphatic rings. The summed E-state index contributed by atoms with van der Waals surface area (Å²) in [4.78, 5) is 19.2. The number of morpholine rings is 1. The average molecular weight is 391 g/mol. The minimum atomic E-state index is -0.152. The van der Waals surface area contributed by atoms with Gasteiger partial charge in [-0.25, -0.2) is 4.98 Å². The standard InChI is InChI=1S/C19H26N4O3S/c1-25-15-4-2-14(3-5-15)17(23-8-10-26-11-9-23)12-21-19(24)16-13-27-18(22-16)6-7-20/h2-5,13,17H,6-12,20H2,1H3,(H,21,24). The van der Waals surface area contributed by atoms with E-state index in [1.807, 2.05) is 24.3 Å². The Kier molecular flexibility index (Phi) is 7.17. The first-order chi connectivity index (χ1) is 13.2. The first kappa shape index (κ1) is 19.8. The molecule has 1 saturated heterocycles. The van der Waals surface area contributed by atoms with E-state index in [0.29, 0.717) is 38.4 Å². The van der Waals surface area contributed by atoms with Crippen LogP contribution in [-0.4, -0.2) is 62.3 Å². The molecule has 146 valence electrons. The Balaban J connectivity index is 1.69. The molecular weight excluding hydrogens is 364 g/mol. The van der Waals surface area contributed by atoms with E-state index >= 15 is 0 Å². The van der Waals surface area contributed by atoms with E-state index in [2.05, 4.69) is 15.2 Å². The lowest BCUT2D eigenvalue weighted by Gasteiger charge is -2.35. The fourth-order valence-electron chi connectivity index (χ4n) is 3.11. The lowest BCUT2D eigenvalue weighted by molar-refractivity contribution is 0.0162. The van der Waals surface area contributed by atoms with Gasteiger partial charge in [0.05, 0.1) is 31.4 Å². The molecule has 3 rings (SSSR count). The highest BCUT2D eigenvalue weighted by molar-refractivity contribution is 7.09. The van der Waals surface area contributed by atoms with E-state index in [-0.39, 0.29) is 11.9 Å². The number of benzene rings is 1. The maximum atomic E-state index is 12.5. The number of rotatable bonds is 8. The maximum absolute atomic E-state index is 12.5. The minimum absolute atomic E-state index is 0.0749. The number of carbonyl (C=O) groups excluding carboxylic acids is 1. The van der Waals surface area contributed by atoms with Crippen molar-refractivity contribution in [1.29, 1.82) is 0 Å². The summed E-state index contributed by atoms with van der Waals surface area (Å²) in [6.45, 7) is 4.12. The van der Waals surface area contributed by atoms with E-state index in [1.165, 1.54) is 11.3 Å². The highest BCUT2D eigenvalue weighted by Gasteiger charge is 2.24. The Morgan fingerprint density at radius 1 is 1.37 bits per heavy atom. The van der Waals surface area contributed by atoms with Crippen LogP contribution in [0.1, 0.15) is 27.1 Å². The number of carbonyl (C=O) groups is 1. The van der Waals surface area contributed by atoms with Crippen molar-refractivity contribution in [1.82, 2.24) is 15.2 Å².